The van der Waals surface area contributed by atoms with Crippen molar-refractivity contribution in [3.8, 4) is 0 Å². The van der Waals surface area contributed by atoms with E-state index in [0.29, 0.717) is 12.3 Å². The van der Waals surface area contributed by atoms with E-state index in [0.717, 1.165) is 46.0 Å². The number of carbonyl (C=O) groups excluding carboxylic acids is 2. The molecule has 2 aromatic heterocycles. The van der Waals surface area contributed by atoms with Crippen LogP contribution < -0.4 is 10.2 Å². The summed E-state index contributed by atoms with van der Waals surface area (Å²) in [5, 5.41) is 24.3. The zero-order valence-electron chi connectivity index (χ0n) is 33.0. The van der Waals surface area contributed by atoms with Gasteiger partial charge in [0.15, 0.2) is 10.3 Å². The van der Waals surface area contributed by atoms with Crippen LogP contribution in [-0.4, -0.2) is 67.7 Å². The van der Waals surface area contributed by atoms with Crippen LogP contribution in [0.15, 0.2) is 84.2 Å². The number of hydrogen-bond donors (Lipinski definition) is 1. The van der Waals surface area contributed by atoms with E-state index in [1.165, 1.54) is 11.1 Å². The van der Waals surface area contributed by atoms with Crippen LogP contribution in [0.1, 0.15) is 43.5 Å². The number of benzene rings is 2. The number of ether oxygens (including phenoxy) is 2. The zero-order valence-corrected chi connectivity index (χ0v) is 45.5. The van der Waals surface area contributed by atoms with Gasteiger partial charge in [-0.05, 0) is 61.5 Å². The van der Waals surface area contributed by atoms with Gasteiger partial charge in [0.05, 0.1) is 29.6 Å². The molecule has 1 N–H and O–H groups in total. The number of anilines is 2. The fourth-order valence-corrected chi connectivity index (χ4v) is 5.95. The molecule has 0 unspecified atom stereocenters. The molecule has 0 spiro atoms. The minimum Gasteiger partial charge on any atom is -0.450 e. The molecule has 4 rings (SSSR count). The number of carbonyl (C=O) groups is 2. The van der Waals surface area contributed by atoms with E-state index in [2.05, 4.69) is 55.3 Å². The first kappa shape index (κ1) is 66.1. The molecular formula is C37H43Cl3N8O8S2V2W2. The minimum atomic E-state index is -0.845. The second-order valence-electron chi connectivity index (χ2n) is 10.8. The maximum atomic E-state index is 12.6. The summed E-state index contributed by atoms with van der Waals surface area (Å²) in [6, 6.07) is 15.7. The summed E-state index contributed by atoms with van der Waals surface area (Å²) in [6.07, 6.45) is 7.01. The van der Waals surface area contributed by atoms with Crippen LogP contribution in [0, 0.1) is 20.2 Å². The Morgan fingerprint density at radius 3 is 1.69 bits per heavy atom. The largest absolute Gasteiger partial charge is 0.450 e. The summed E-state index contributed by atoms with van der Waals surface area (Å²) in [4.78, 5) is 61.4. The van der Waals surface area contributed by atoms with Gasteiger partial charge >= 0.3 is 23.6 Å². The van der Waals surface area contributed by atoms with Crippen molar-refractivity contribution >= 4 is 93.5 Å². The second kappa shape index (κ2) is 35.8. The molecule has 0 aliphatic carbocycles. The average molecular weight is 1370 g/mol. The van der Waals surface area contributed by atoms with E-state index in [1.54, 1.807) is 32.4 Å². The molecule has 0 saturated heterocycles. The van der Waals surface area contributed by atoms with Crippen molar-refractivity contribution in [1.29, 1.82) is 0 Å². The van der Waals surface area contributed by atoms with Crippen LogP contribution >= 0.6 is 58.3 Å². The number of amides is 2. The van der Waals surface area contributed by atoms with Gasteiger partial charge < -0.3 is 9.47 Å². The van der Waals surface area contributed by atoms with Gasteiger partial charge in [0.25, 0.3) is 0 Å². The standard InChI is InChI=1S/C18H19ClN4O4S.C10H11Cl.C8H9ClN4O4S.CH4.2V.2W/c1-4-7-12-8-6-9-13(10-12)11-22(18(24)27-5-2)16-14(23(25)26)15(19)20-17(21-16)28-3;1-2-4-9-5-3-6-10(7-9)8-11;1-3-17-8(14)12-6-4(13(15)16)5(9)10-7(11-6)18-2;;;;;/h4,6,8-10H,1,5,7,11H2,2-3H3;2-3,5-7H,1,4,8H2;3H2,1-2H3,(H,10,11,12,14);1H4;;;;. The molecule has 2 amide bonds. The molecule has 334 valence electrons. The Morgan fingerprint density at radius 1 is 0.790 bits per heavy atom. The molecular weight excluding hydrogens is 1320 g/mol. The Labute approximate surface area is 436 Å². The van der Waals surface area contributed by atoms with Gasteiger partial charge in [-0.25, -0.2) is 19.6 Å². The molecule has 0 aliphatic heterocycles. The van der Waals surface area contributed by atoms with Crippen LogP contribution in [0.3, 0.4) is 0 Å². The number of thioether (sulfide) groups is 2. The monoisotopic (exact) mass is 1370 g/mol. The van der Waals surface area contributed by atoms with Crippen molar-refractivity contribution in [2.24, 2.45) is 0 Å². The smallest absolute Gasteiger partial charge is 0.415 e. The van der Waals surface area contributed by atoms with E-state index in [9.17, 15) is 29.8 Å². The summed E-state index contributed by atoms with van der Waals surface area (Å²) in [5.41, 5.74) is 3.08. The number of rotatable bonds is 15. The predicted molar refractivity (Wildman–Crippen MR) is 232 cm³/mol. The number of nitrogens with one attached hydrogen (secondary N) is 1. The van der Waals surface area contributed by atoms with Gasteiger partial charge in [-0.1, -0.05) is 115 Å². The fraction of sp³-hybridized carbons (Fsp3) is 0.297. The van der Waals surface area contributed by atoms with Crippen LogP contribution in [0.25, 0.3) is 0 Å². The van der Waals surface area contributed by atoms with Crippen LogP contribution in [0.2, 0.25) is 10.3 Å². The molecule has 0 saturated carbocycles. The fourth-order valence-electron chi connectivity index (χ4n) is 4.48. The van der Waals surface area contributed by atoms with Crippen LogP contribution in [0.4, 0.5) is 32.6 Å². The van der Waals surface area contributed by atoms with Gasteiger partial charge in [0.2, 0.25) is 21.9 Å². The van der Waals surface area contributed by atoms with E-state index >= 15 is 0 Å². The Hall–Kier alpha value is -2.46. The maximum absolute atomic E-state index is 12.6. The number of nitro groups is 2. The van der Waals surface area contributed by atoms with Crippen molar-refractivity contribution in [3.05, 3.63) is 127 Å². The predicted octanol–water partition coefficient (Wildman–Crippen LogP) is 10.8. The Bertz CT molecular complexity index is 2070. The first-order valence-electron chi connectivity index (χ1n) is 16.6. The first-order valence-corrected chi connectivity index (χ1v) is 20.3. The van der Waals surface area contributed by atoms with Gasteiger partial charge in [-0.3, -0.25) is 30.4 Å². The van der Waals surface area contributed by atoms with Gasteiger partial charge in [-0.2, -0.15) is 9.97 Å². The van der Waals surface area contributed by atoms with E-state index < -0.39 is 33.4 Å². The summed E-state index contributed by atoms with van der Waals surface area (Å²) in [6.45, 7) is 10.9. The van der Waals surface area contributed by atoms with Gasteiger partial charge in [0, 0.05) is 85.1 Å². The molecule has 2 heterocycles. The molecule has 0 bridgehead atoms. The summed E-state index contributed by atoms with van der Waals surface area (Å²) in [7, 11) is 0. The Morgan fingerprint density at radius 2 is 1.24 bits per heavy atom. The summed E-state index contributed by atoms with van der Waals surface area (Å²) in [5.74, 6) is 0.0927. The van der Waals surface area contributed by atoms with E-state index in [-0.39, 0.29) is 139 Å². The molecule has 0 atom stereocenters. The molecule has 25 heteroatoms. The number of allylic oxidation sites excluding steroid dienone is 2. The molecule has 2 aromatic carbocycles. The molecule has 62 heavy (non-hydrogen) atoms. The summed E-state index contributed by atoms with van der Waals surface area (Å²) < 4.78 is 9.71. The molecule has 0 aliphatic rings. The topological polar surface area (TPSA) is 206 Å². The number of halogens is 3. The quantitative estimate of drug-likeness (QED) is 0.0224. The van der Waals surface area contributed by atoms with Crippen molar-refractivity contribution in [2.45, 2.75) is 56.9 Å². The molecule has 16 nitrogen and oxygen atoms in total. The molecule has 4 aromatic rings. The number of alkyl halides is 1. The van der Waals surface area contributed by atoms with E-state index in [4.69, 9.17) is 39.5 Å². The van der Waals surface area contributed by atoms with Crippen molar-refractivity contribution < 1.29 is 108 Å². The zero-order chi connectivity index (χ0) is 42.5. The summed E-state index contributed by atoms with van der Waals surface area (Å²) >= 11 is 19.6. The van der Waals surface area contributed by atoms with Crippen LogP contribution in [-0.2, 0) is 114 Å². The first-order chi connectivity index (χ1) is 27.3. The van der Waals surface area contributed by atoms with E-state index in [1.807, 2.05) is 42.5 Å². The third kappa shape index (κ3) is 21.9. The third-order valence-corrected chi connectivity index (χ3v) is 8.76. The van der Waals surface area contributed by atoms with Gasteiger partial charge in [-0.15, -0.1) is 24.8 Å². The molecule has 2 radical (unpaired) electrons. The average Bonchev–Trinajstić information content (AvgIpc) is 3.17. The number of nitrogens with zero attached hydrogens (tertiary/aromatic N) is 7. The van der Waals surface area contributed by atoms with Gasteiger partial charge in [0.1, 0.15) is 0 Å². The SMILES string of the molecule is C.C=CCc1cccc(CCl)c1.C=CCc1cccc(CN(C(=O)OCC)c2nc(SC)nc(Cl)c2[N+](=O)[O-])c1.CCOC(=O)Nc1nc(SC)nc(Cl)c1[N+](=O)[O-].[V].[V].[W].[W]. The Kier molecular flexibility index (Phi) is 38.2. The normalized spacial score (nSPS) is 9.27. The number of hydrogen-bond acceptors (Lipinski definition) is 14. The van der Waals surface area contributed by atoms with Crippen molar-refractivity contribution in [3.63, 3.8) is 0 Å². The van der Waals surface area contributed by atoms with Crippen molar-refractivity contribution in [2.75, 3.05) is 35.9 Å². The second-order valence-corrected chi connectivity index (χ2v) is 13.3. The molecule has 0 fully saturated rings. The Balaban J connectivity index is -0.000000429. The third-order valence-electron chi connectivity index (χ3n) is 6.83. The van der Waals surface area contributed by atoms with Crippen LogP contribution in [0.5, 0.6) is 0 Å². The minimum absolute atomic E-state index is 0. The van der Waals surface area contributed by atoms with Crippen molar-refractivity contribution in [1.82, 2.24) is 19.9 Å². The maximum Gasteiger partial charge on any atom is 0.415 e. The number of aromatic nitrogens is 4.